The zero-order valence-electron chi connectivity index (χ0n) is 13.3. The third kappa shape index (κ3) is 2.90. The van der Waals surface area contributed by atoms with Crippen molar-refractivity contribution < 1.29 is 14.6 Å². The molecule has 1 saturated carbocycles. The maximum absolute atomic E-state index is 11.0. The van der Waals surface area contributed by atoms with Crippen molar-refractivity contribution in [1.29, 1.82) is 0 Å². The fourth-order valence-corrected chi connectivity index (χ4v) is 3.91. The fourth-order valence-electron chi connectivity index (χ4n) is 3.74. The Kier molecular flexibility index (Phi) is 3.98. The monoisotopic (exact) mass is 349 g/mol. The van der Waals surface area contributed by atoms with Gasteiger partial charge in [-0.1, -0.05) is 11.6 Å². The van der Waals surface area contributed by atoms with Crippen LogP contribution in [0.15, 0.2) is 24.5 Å². The number of fused-ring (bicyclic) bond motifs is 1. The number of imidazole rings is 1. The third-order valence-electron chi connectivity index (χ3n) is 5.19. The molecule has 7 heteroatoms. The number of rotatable bonds is 4. The second-order valence-corrected chi connectivity index (χ2v) is 7.27. The van der Waals surface area contributed by atoms with Gasteiger partial charge in [0.1, 0.15) is 5.65 Å². The van der Waals surface area contributed by atoms with Crippen LogP contribution in [0.5, 0.6) is 0 Å². The van der Waals surface area contributed by atoms with E-state index in [0.29, 0.717) is 24.7 Å². The van der Waals surface area contributed by atoms with E-state index in [1.165, 1.54) is 6.42 Å². The van der Waals surface area contributed by atoms with Gasteiger partial charge in [0.15, 0.2) is 0 Å². The topological polar surface area (TPSA) is 67.1 Å². The lowest BCUT2D eigenvalue weighted by Gasteiger charge is -2.54. The standard InChI is InChI=1S/C17H20ClN3O3/c18-12-2-3-15-19-13(8-20(15)7-12)9-21-10-14(6-16(22)23)24-11-17(21)4-1-5-17/h2-3,7-8,14H,1,4-6,9-11H2,(H,22,23). The molecule has 1 spiro atoms. The molecule has 1 aliphatic carbocycles. The highest BCUT2D eigenvalue weighted by Crippen LogP contribution is 2.41. The van der Waals surface area contributed by atoms with E-state index < -0.39 is 5.97 Å². The molecule has 3 heterocycles. The fraction of sp³-hybridized carbons (Fsp3) is 0.529. The Morgan fingerprint density at radius 1 is 1.42 bits per heavy atom. The minimum Gasteiger partial charge on any atom is -0.481 e. The molecular weight excluding hydrogens is 330 g/mol. The molecule has 6 nitrogen and oxygen atoms in total. The first-order chi connectivity index (χ1) is 11.5. The minimum atomic E-state index is -0.813. The lowest BCUT2D eigenvalue weighted by Crippen LogP contribution is -2.62. The van der Waals surface area contributed by atoms with Crippen LogP contribution in [0.25, 0.3) is 5.65 Å². The first-order valence-corrected chi connectivity index (χ1v) is 8.63. The molecule has 0 radical (unpaired) electrons. The van der Waals surface area contributed by atoms with E-state index in [2.05, 4.69) is 9.88 Å². The summed E-state index contributed by atoms with van der Waals surface area (Å²) in [6.07, 6.45) is 7.05. The molecule has 128 valence electrons. The Bertz CT molecular complexity index is 772. The Balaban J connectivity index is 1.55. The molecule has 1 unspecified atom stereocenters. The molecule has 4 rings (SSSR count). The average molecular weight is 350 g/mol. The number of nitrogens with zero attached hydrogens (tertiary/aromatic N) is 3. The van der Waals surface area contributed by atoms with Gasteiger partial charge in [0.2, 0.25) is 0 Å². The number of morpholine rings is 1. The summed E-state index contributed by atoms with van der Waals surface area (Å²) in [6, 6.07) is 3.73. The average Bonchev–Trinajstić information content (AvgIpc) is 2.86. The summed E-state index contributed by atoms with van der Waals surface area (Å²) in [7, 11) is 0. The zero-order valence-corrected chi connectivity index (χ0v) is 14.1. The highest BCUT2D eigenvalue weighted by Gasteiger charge is 2.47. The molecule has 24 heavy (non-hydrogen) atoms. The highest BCUT2D eigenvalue weighted by molar-refractivity contribution is 6.30. The van der Waals surface area contributed by atoms with Crippen LogP contribution in [-0.2, 0) is 16.1 Å². The number of carboxylic acids is 1. The normalized spacial score (nSPS) is 23.5. The van der Waals surface area contributed by atoms with Crippen LogP contribution >= 0.6 is 11.6 Å². The number of halogens is 1. The number of hydrogen-bond acceptors (Lipinski definition) is 4. The van der Waals surface area contributed by atoms with Gasteiger partial charge in [0.05, 0.1) is 29.8 Å². The van der Waals surface area contributed by atoms with E-state index in [-0.39, 0.29) is 18.1 Å². The number of carbonyl (C=O) groups is 1. The largest absolute Gasteiger partial charge is 0.481 e. The van der Waals surface area contributed by atoms with E-state index in [1.54, 1.807) is 0 Å². The number of aromatic nitrogens is 2. The second kappa shape index (κ2) is 6.02. The van der Waals surface area contributed by atoms with Crippen molar-refractivity contribution in [2.75, 3.05) is 13.2 Å². The maximum Gasteiger partial charge on any atom is 0.306 e. The van der Waals surface area contributed by atoms with Crippen molar-refractivity contribution in [3.63, 3.8) is 0 Å². The van der Waals surface area contributed by atoms with Crippen LogP contribution in [0.1, 0.15) is 31.4 Å². The van der Waals surface area contributed by atoms with Gasteiger partial charge in [0, 0.05) is 31.0 Å². The van der Waals surface area contributed by atoms with Gasteiger partial charge < -0.3 is 14.2 Å². The summed E-state index contributed by atoms with van der Waals surface area (Å²) in [5, 5.41) is 9.71. The van der Waals surface area contributed by atoms with Crippen LogP contribution in [0.3, 0.4) is 0 Å². The maximum atomic E-state index is 11.0. The highest BCUT2D eigenvalue weighted by atomic mass is 35.5. The third-order valence-corrected chi connectivity index (χ3v) is 5.41. The van der Waals surface area contributed by atoms with Gasteiger partial charge >= 0.3 is 5.97 Å². The van der Waals surface area contributed by atoms with E-state index >= 15 is 0 Å². The molecule has 2 aromatic rings. The van der Waals surface area contributed by atoms with Gasteiger partial charge in [-0.2, -0.15) is 0 Å². The van der Waals surface area contributed by atoms with E-state index in [4.69, 9.17) is 21.4 Å². The number of pyridine rings is 1. The zero-order chi connectivity index (χ0) is 16.7. The Morgan fingerprint density at radius 3 is 2.96 bits per heavy atom. The number of hydrogen-bond donors (Lipinski definition) is 1. The Labute approximate surface area is 145 Å². The molecule has 1 N–H and O–H groups in total. The summed E-state index contributed by atoms with van der Waals surface area (Å²) >= 11 is 6.03. The molecule has 1 atom stereocenters. The summed E-state index contributed by atoms with van der Waals surface area (Å²) in [5.74, 6) is -0.813. The Morgan fingerprint density at radius 2 is 2.25 bits per heavy atom. The molecule has 2 aromatic heterocycles. The quantitative estimate of drug-likeness (QED) is 0.919. The van der Waals surface area contributed by atoms with Crippen molar-refractivity contribution >= 4 is 23.2 Å². The van der Waals surface area contributed by atoms with Crippen LogP contribution < -0.4 is 0 Å². The molecule has 2 fully saturated rings. The minimum absolute atomic E-state index is 0.0490. The molecule has 0 bridgehead atoms. The summed E-state index contributed by atoms with van der Waals surface area (Å²) < 4.78 is 7.75. The van der Waals surface area contributed by atoms with Crippen molar-refractivity contribution in [2.24, 2.45) is 0 Å². The number of carboxylic acid groups (broad SMARTS) is 1. The predicted molar refractivity (Wildman–Crippen MR) is 89.2 cm³/mol. The van der Waals surface area contributed by atoms with Gasteiger partial charge in [-0.15, -0.1) is 0 Å². The van der Waals surface area contributed by atoms with Crippen molar-refractivity contribution in [1.82, 2.24) is 14.3 Å². The first-order valence-electron chi connectivity index (χ1n) is 8.26. The molecular formula is C17H20ClN3O3. The van der Waals surface area contributed by atoms with Crippen LogP contribution in [0.4, 0.5) is 0 Å². The summed E-state index contributed by atoms with van der Waals surface area (Å²) in [5.41, 5.74) is 1.90. The molecule has 0 amide bonds. The lowest BCUT2D eigenvalue weighted by molar-refractivity contribution is -0.161. The molecule has 0 aromatic carbocycles. The summed E-state index contributed by atoms with van der Waals surface area (Å²) in [4.78, 5) is 18.0. The van der Waals surface area contributed by atoms with E-state index in [1.807, 2.05) is 28.9 Å². The first kappa shape index (κ1) is 15.9. The number of aliphatic carboxylic acids is 1. The van der Waals surface area contributed by atoms with Crippen molar-refractivity contribution in [3.8, 4) is 0 Å². The molecule has 1 aliphatic heterocycles. The van der Waals surface area contributed by atoms with Gasteiger partial charge in [0.25, 0.3) is 0 Å². The molecule has 2 aliphatic rings. The van der Waals surface area contributed by atoms with Crippen LogP contribution in [-0.4, -0.2) is 50.2 Å². The second-order valence-electron chi connectivity index (χ2n) is 6.83. The predicted octanol–water partition coefficient (Wildman–Crippen LogP) is 2.59. The summed E-state index contributed by atoms with van der Waals surface area (Å²) in [6.45, 7) is 1.96. The Hall–Kier alpha value is -1.63. The van der Waals surface area contributed by atoms with E-state index in [9.17, 15) is 4.79 Å². The van der Waals surface area contributed by atoms with Crippen molar-refractivity contribution in [2.45, 2.75) is 43.9 Å². The van der Waals surface area contributed by atoms with Crippen LogP contribution in [0.2, 0.25) is 5.02 Å². The van der Waals surface area contributed by atoms with Crippen molar-refractivity contribution in [3.05, 3.63) is 35.2 Å². The SMILES string of the molecule is O=C(O)CC1CN(Cc2cn3cc(Cl)ccc3n2)C2(CCC2)CO1. The molecule has 1 saturated heterocycles. The van der Waals surface area contributed by atoms with Gasteiger partial charge in [-0.3, -0.25) is 9.69 Å². The van der Waals surface area contributed by atoms with Gasteiger partial charge in [-0.05, 0) is 31.4 Å². The van der Waals surface area contributed by atoms with E-state index in [0.717, 1.165) is 24.2 Å². The smallest absolute Gasteiger partial charge is 0.306 e. The lowest BCUT2D eigenvalue weighted by atomic mass is 9.74. The van der Waals surface area contributed by atoms with Crippen LogP contribution in [0, 0.1) is 0 Å². The number of ether oxygens (including phenoxy) is 1. The van der Waals surface area contributed by atoms with Gasteiger partial charge in [-0.25, -0.2) is 4.98 Å².